The predicted octanol–water partition coefficient (Wildman–Crippen LogP) is 4.09. The molecule has 0 aliphatic heterocycles. The molecule has 1 amide bonds. The minimum atomic E-state index is -3.53. The molecule has 0 unspecified atom stereocenters. The van der Waals surface area contributed by atoms with Crippen LogP contribution in [0.5, 0.6) is 0 Å². The van der Waals surface area contributed by atoms with Crippen LogP contribution in [0.2, 0.25) is 0 Å². The standard InChI is InChI=1S/C22H27N3O3S3/c1-16-5-8-18(9-6-16)31(27,28)14-11-21(26)25(13-12-24(2)3)22-23-19-10-7-17(29-4)15-20(19)30-22/h5-10,15H,11-14H2,1-4H3. The van der Waals surface area contributed by atoms with Crippen LogP contribution in [0.15, 0.2) is 52.3 Å². The normalized spacial score (nSPS) is 11.9. The maximum atomic E-state index is 13.1. The number of thioether (sulfide) groups is 1. The molecule has 0 N–H and O–H groups in total. The third kappa shape index (κ3) is 6.06. The van der Waals surface area contributed by atoms with Crippen LogP contribution in [0.25, 0.3) is 10.2 Å². The average Bonchev–Trinajstić information content (AvgIpc) is 3.15. The Morgan fingerprint density at radius 2 is 1.81 bits per heavy atom. The summed E-state index contributed by atoms with van der Waals surface area (Å²) in [7, 11) is 0.346. The molecule has 6 nitrogen and oxygen atoms in total. The van der Waals surface area contributed by atoms with Gasteiger partial charge in [0.25, 0.3) is 0 Å². The molecular formula is C22H27N3O3S3. The molecule has 1 aromatic heterocycles. The molecule has 166 valence electrons. The van der Waals surface area contributed by atoms with Gasteiger partial charge >= 0.3 is 0 Å². The lowest BCUT2D eigenvalue weighted by atomic mass is 10.2. The van der Waals surface area contributed by atoms with E-state index in [1.54, 1.807) is 40.9 Å². The van der Waals surface area contributed by atoms with Crippen LogP contribution >= 0.6 is 23.1 Å². The Morgan fingerprint density at radius 1 is 1.10 bits per heavy atom. The van der Waals surface area contributed by atoms with Gasteiger partial charge in [0.2, 0.25) is 5.91 Å². The van der Waals surface area contributed by atoms with E-state index in [1.807, 2.05) is 44.3 Å². The van der Waals surface area contributed by atoms with E-state index in [-0.39, 0.29) is 23.0 Å². The maximum absolute atomic E-state index is 13.1. The lowest BCUT2D eigenvalue weighted by Crippen LogP contribution is -2.37. The summed E-state index contributed by atoms with van der Waals surface area (Å²) in [6.45, 7) is 3.01. The number of rotatable bonds is 9. The van der Waals surface area contributed by atoms with Gasteiger partial charge in [0, 0.05) is 24.4 Å². The minimum Gasteiger partial charge on any atom is -0.308 e. The molecule has 3 rings (SSSR count). The Kier molecular flexibility index (Phi) is 7.74. The highest BCUT2D eigenvalue weighted by atomic mass is 32.2. The van der Waals surface area contributed by atoms with Gasteiger partial charge in [-0.3, -0.25) is 9.69 Å². The fourth-order valence-electron chi connectivity index (χ4n) is 2.98. The molecule has 0 fully saturated rings. The third-order valence-corrected chi connectivity index (χ3v) is 8.35. The van der Waals surface area contributed by atoms with Gasteiger partial charge in [0.05, 0.1) is 20.9 Å². The van der Waals surface area contributed by atoms with Crippen LogP contribution in [0.4, 0.5) is 5.13 Å². The molecular weight excluding hydrogens is 450 g/mol. The summed E-state index contributed by atoms with van der Waals surface area (Å²) < 4.78 is 26.4. The Bertz CT molecular complexity index is 1160. The molecule has 0 saturated carbocycles. The molecule has 9 heteroatoms. The summed E-state index contributed by atoms with van der Waals surface area (Å²) in [5.74, 6) is -0.462. The number of nitrogens with zero attached hydrogens (tertiary/aromatic N) is 3. The van der Waals surface area contributed by atoms with Gasteiger partial charge in [-0.1, -0.05) is 29.0 Å². The molecule has 2 aromatic carbocycles. The van der Waals surface area contributed by atoms with Gasteiger partial charge in [0.1, 0.15) is 0 Å². The molecule has 0 aliphatic carbocycles. The third-order valence-electron chi connectivity index (χ3n) is 4.85. The van der Waals surface area contributed by atoms with Crippen molar-refractivity contribution in [3.63, 3.8) is 0 Å². The molecule has 0 bridgehead atoms. The highest BCUT2D eigenvalue weighted by Gasteiger charge is 2.23. The molecule has 0 saturated heterocycles. The van der Waals surface area contributed by atoms with Crippen molar-refractivity contribution in [1.29, 1.82) is 0 Å². The minimum absolute atomic E-state index is 0.0877. The van der Waals surface area contributed by atoms with Crippen molar-refractivity contribution in [3.05, 3.63) is 48.0 Å². The van der Waals surface area contributed by atoms with Crippen molar-refractivity contribution in [2.45, 2.75) is 23.1 Å². The van der Waals surface area contributed by atoms with Gasteiger partial charge in [-0.15, -0.1) is 11.8 Å². The van der Waals surface area contributed by atoms with Gasteiger partial charge < -0.3 is 4.90 Å². The van der Waals surface area contributed by atoms with Crippen LogP contribution in [-0.4, -0.2) is 63.4 Å². The van der Waals surface area contributed by atoms with Gasteiger partial charge in [-0.25, -0.2) is 13.4 Å². The fourth-order valence-corrected chi connectivity index (χ4v) is 5.77. The van der Waals surface area contributed by atoms with E-state index in [1.165, 1.54) is 11.3 Å². The van der Waals surface area contributed by atoms with Crippen molar-refractivity contribution < 1.29 is 13.2 Å². The number of likely N-dealkylation sites (N-methyl/N-ethyl adjacent to an activating group) is 1. The van der Waals surface area contributed by atoms with Crippen LogP contribution in [0.3, 0.4) is 0 Å². The van der Waals surface area contributed by atoms with E-state index in [2.05, 4.69) is 11.1 Å². The molecule has 1 heterocycles. The highest BCUT2D eigenvalue weighted by molar-refractivity contribution is 7.98. The fraction of sp³-hybridized carbons (Fsp3) is 0.364. The smallest absolute Gasteiger partial charge is 0.229 e. The lowest BCUT2D eigenvalue weighted by Gasteiger charge is -2.22. The summed E-state index contributed by atoms with van der Waals surface area (Å²) in [6.07, 6.45) is 1.93. The number of amides is 1. The number of thiazole rings is 1. The molecule has 0 spiro atoms. The second-order valence-electron chi connectivity index (χ2n) is 7.56. The molecule has 0 atom stereocenters. The van der Waals surface area contributed by atoms with Gasteiger partial charge in [-0.05, 0) is 57.6 Å². The Morgan fingerprint density at radius 3 is 2.45 bits per heavy atom. The first-order valence-corrected chi connectivity index (χ1v) is 13.6. The Hall–Kier alpha value is -1.94. The van der Waals surface area contributed by atoms with Crippen LogP contribution < -0.4 is 4.90 Å². The summed E-state index contributed by atoms with van der Waals surface area (Å²) in [5.41, 5.74) is 1.83. The summed E-state index contributed by atoms with van der Waals surface area (Å²) in [6, 6.07) is 12.8. The summed E-state index contributed by atoms with van der Waals surface area (Å²) in [5, 5.41) is 0.604. The van der Waals surface area contributed by atoms with E-state index >= 15 is 0 Å². The van der Waals surface area contributed by atoms with E-state index in [0.29, 0.717) is 18.2 Å². The van der Waals surface area contributed by atoms with Crippen LogP contribution in [-0.2, 0) is 14.6 Å². The largest absolute Gasteiger partial charge is 0.308 e. The van der Waals surface area contributed by atoms with Crippen molar-refractivity contribution >= 4 is 54.2 Å². The number of anilines is 1. The SMILES string of the molecule is CSc1ccc2nc(N(CCN(C)C)C(=O)CCS(=O)(=O)c3ccc(C)cc3)sc2c1. The highest BCUT2D eigenvalue weighted by Crippen LogP contribution is 2.32. The molecule has 0 radical (unpaired) electrons. The Labute approximate surface area is 192 Å². The first-order chi connectivity index (χ1) is 14.7. The van der Waals surface area contributed by atoms with E-state index in [4.69, 9.17) is 0 Å². The summed E-state index contributed by atoms with van der Waals surface area (Å²) >= 11 is 3.12. The van der Waals surface area contributed by atoms with Crippen molar-refractivity contribution in [2.24, 2.45) is 0 Å². The zero-order chi connectivity index (χ0) is 22.6. The van der Waals surface area contributed by atoms with E-state index in [0.717, 1.165) is 20.7 Å². The first kappa shape index (κ1) is 23.7. The van der Waals surface area contributed by atoms with E-state index < -0.39 is 9.84 Å². The second kappa shape index (κ2) is 10.1. The van der Waals surface area contributed by atoms with E-state index in [9.17, 15) is 13.2 Å². The molecule has 31 heavy (non-hydrogen) atoms. The van der Waals surface area contributed by atoms with Crippen molar-refractivity contribution in [1.82, 2.24) is 9.88 Å². The predicted molar refractivity (Wildman–Crippen MR) is 130 cm³/mol. The summed E-state index contributed by atoms with van der Waals surface area (Å²) in [4.78, 5) is 22.7. The zero-order valence-corrected chi connectivity index (χ0v) is 20.6. The second-order valence-corrected chi connectivity index (χ2v) is 11.6. The number of benzene rings is 2. The quantitative estimate of drug-likeness (QED) is 0.433. The van der Waals surface area contributed by atoms with Gasteiger partial charge in [-0.2, -0.15) is 0 Å². The first-order valence-electron chi connectivity index (χ1n) is 9.89. The topological polar surface area (TPSA) is 70.6 Å². The van der Waals surface area contributed by atoms with Gasteiger partial charge in [0.15, 0.2) is 15.0 Å². The number of sulfone groups is 1. The number of hydrogen-bond acceptors (Lipinski definition) is 7. The van der Waals surface area contributed by atoms with Crippen molar-refractivity contribution in [3.8, 4) is 0 Å². The zero-order valence-electron chi connectivity index (χ0n) is 18.2. The monoisotopic (exact) mass is 477 g/mol. The number of fused-ring (bicyclic) bond motifs is 1. The Balaban J connectivity index is 1.81. The number of aromatic nitrogens is 1. The molecule has 3 aromatic rings. The number of hydrogen-bond donors (Lipinski definition) is 0. The van der Waals surface area contributed by atoms with Crippen molar-refractivity contribution in [2.75, 3.05) is 44.1 Å². The molecule has 0 aliphatic rings. The van der Waals surface area contributed by atoms with Crippen LogP contribution in [0.1, 0.15) is 12.0 Å². The lowest BCUT2D eigenvalue weighted by molar-refractivity contribution is -0.118. The number of carbonyl (C=O) groups is 1. The van der Waals surface area contributed by atoms with Crippen LogP contribution in [0, 0.1) is 6.92 Å². The number of aryl methyl sites for hydroxylation is 1. The number of carbonyl (C=O) groups excluding carboxylic acids is 1. The maximum Gasteiger partial charge on any atom is 0.229 e. The average molecular weight is 478 g/mol.